The summed E-state index contributed by atoms with van der Waals surface area (Å²) in [5.74, 6) is -0.693. The summed E-state index contributed by atoms with van der Waals surface area (Å²) in [5.41, 5.74) is 8.37. The van der Waals surface area contributed by atoms with E-state index in [1.165, 1.54) is 18.2 Å². The second-order valence-corrected chi connectivity index (χ2v) is 4.92. The number of anilines is 2. The van der Waals surface area contributed by atoms with Crippen LogP contribution in [-0.4, -0.2) is 12.5 Å². The van der Waals surface area contributed by atoms with Crippen molar-refractivity contribution in [3.63, 3.8) is 0 Å². The van der Waals surface area contributed by atoms with Crippen LogP contribution in [0, 0.1) is 5.82 Å². The van der Waals surface area contributed by atoms with Gasteiger partial charge in [-0.15, -0.1) is 0 Å². The van der Waals surface area contributed by atoms with E-state index in [2.05, 4.69) is 0 Å². The van der Waals surface area contributed by atoms with Crippen molar-refractivity contribution in [3.8, 4) is 0 Å². The van der Waals surface area contributed by atoms with E-state index in [1.807, 2.05) is 24.3 Å². The van der Waals surface area contributed by atoms with Crippen LogP contribution in [0.4, 0.5) is 15.8 Å². The summed E-state index contributed by atoms with van der Waals surface area (Å²) in [6.07, 6.45) is 1.86. The summed E-state index contributed by atoms with van der Waals surface area (Å²) in [4.78, 5) is 14.3. The zero-order valence-electron chi connectivity index (χ0n) is 11.0. The van der Waals surface area contributed by atoms with Gasteiger partial charge >= 0.3 is 0 Å². The molecular formula is C16H15FN2O. The van der Waals surface area contributed by atoms with Crippen LogP contribution in [0.1, 0.15) is 22.3 Å². The molecule has 102 valence electrons. The van der Waals surface area contributed by atoms with E-state index >= 15 is 0 Å². The molecule has 0 bridgehead atoms. The Hall–Kier alpha value is -2.36. The first kappa shape index (κ1) is 12.7. The van der Waals surface area contributed by atoms with E-state index in [9.17, 15) is 9.18 Å². The van der Waals surface area contributed by atoms with Crippen LogP contribution in [-0.2, 0) is 6.42 Å². The Labute approximate surface area is 116 Å². The third-order valence-electron chi connectivity index (χ3n) is 3.60. The Balaban J connectivity index is 2.02. The number of para-hydroxylation sites is 1. The van der Waals surface area contributed by atoms with Gasteiger partial charge in [-0.2, -0.15) is 0 Å². The van der Waals surface area contributed by atoms with Gasteiger partial charge in [0.1, 0.15) is 5.82 Å². The SMILES string of the molecule is Nc1ccc(F)cc1C(=O)N1CCCc2ccccc21. The number of aryl methyl sites for hydroxylation is 1. The standard InChI is InChI=1S/C16H15FN2O/c17-12-7-8-14(18)13(10-12)16(20)19-9-3-5-11-4-1-2-6-15(11)19/h1-2,4,6-8,10H,3,5,9,18H2. The van der Waals surface area contributed by atoms with Crippen molar-refractivity contribution in [2.75, 3.05) is 17.2 Å². The van der Waals surface area contributed by atoms with Crippen molar-refractivity contribution in [2.45, 2.75) is 12.8 Å². The summed E-state index contributed by atoms with van der Waals surface area (Å²) in [6, 6.07) is 11.7. The maximum Gasteiger partial charge on any atom is 0.260 e. The molecule has 0 saturated carbocycles. The molecule has 0 spiro atoms. The fourth-order valence-corrected chi connectivity index (χ4v) is 2.60. The van der Waals surface area contributed by atoms with Crippen molar-refractivity contribution >= 4 is 17.3 Å². The Morgan fingerprint density at radius 1 is 1.20 bits per heavy atom. The molecule has 3 nitrogen and oxygen atoms in total. The molecule has 1 aliphatic rings. The van der Waals surface area contributed by atoms with Gasteiger partial charge in [-0.3, -0.25) is 4.79 Å². The lowest BCUT2D eigenvalue weighted by Crippen LogP contribution is -2.35. The molecule has 0 fully saturated rings. The minimum atomic E-state index is -0.451. The molecule has 0 saturated heterocycles. The van der Waals surface area contributed by atoms with E-state index in [0.717, 1.165) is 24.1 Å². The molecule has 0 radical (unpaired) electrons. The second-order valence-electron chi connectivity index (χ2n) is 4.92. The number of carbonyl (C=O) groups is 1. The fraction of sp³-hybridized carbons (Fsp3) is 0.188. The van der Waals surface area contributed by atoms with Gasteiger partial charge in [-0.1, -0.05) is 18.2 Å². The van der Waals surface area contributed by atoms with Crippen molar-refractivity contribution < 1.29 is 9.18 Å². The lowest BCUT2D eigenvalue weighted by molar-refractivity contribution is 0.0985. The summed E-state index contributed by atoms with van der Waals surface area (Å²) in [5, 5.41) is 0. The van der Waals surface area contributed by atoms with E-state index in [0.29, 0.717) is 12.2 Å². The highest BCUT2D eigenvalue weighted by Crippen LogP contribution is 2.29. The first-order valence-corrected chi connectivity index (χ1v) is 6.61. The van der Waals surface area contributed by atoms with Crippen LogP contribution in [0.3, 0.4) is 0 Å². The van der Waals surface area contributed by atoms with Crippen molar-refractivity contribution in [1.29, 1.82) is 0 Å². The summed E-state index contributed by atoms with van der Waals surface area (Å²) in [7, 11) is 0. The Bertz CT molecular complexity index is 669. The number of nitrogens with two attached hydrogens (primary N) is 1. The molecule has 0 unspecified atom stereocenters. The lowest BCUT2D eigenvalue weighted by atomic mass is 10.0. The zero-order valence-corrected chi connectivity index (χ0v) is 11.0. The predicted molar refractivity (Wildman–Crippen MR) is 77.3 cm³/mol. The Kier molecular flexibility index (Phi) is 3.14. The normalized spacial score (nSPS) is 13.9. The van der Waals surface area contributed by atoms with Gasteiger partial charge in [-0.05, 0) is 42.7 Å². The quantitative estimate of drug-likeness (QED) is 0.810. The van der Waals surface area contributed by atoms with Crippen LogP contribution in [0.25, 0.3) is 0 Å². The molecule has 0 aliphatic carbocycles. The molecule has 1 amide bonds. The van der Waals surface area contributed by atoms with E-state index in [4.69, 9.17) is 5.73 Å². The zero-order chi connectivity index (χ0) is 14.1. The van der Waals surface area contributed by atoms with E-state index in [-0.39, 0.29) is 11.5 Å². The number of rotatable bonds is 1. The topological polar surface area (TPSA) is 46.3 Å². The van der Waals surface area contributed by atoms with Gasteiger partial charge in [-0.25, -0.2) is 4.39 Å². The summed E-state index contributed by atoms with van der Waals surface area (Å²) >= 11 is 0. The van der Waals surface area contributed by atoms with Gasteiger partial charge in [0.25, 0.3) is 5.91 Å². The molecule has 0 aromatic heterocycles. The average molecular weight is 270 g/mol. The van der Waals surface area contributed by atoms with E-state index in [1.54, 1.807) is 4.90 Å². The maximum absolute atomic E-state index is 13.3. The fourth-order valence-electron chi connectivity index (χ4n) is 2.60. The Morgan fingerprint density at radius 3 is 2.85 bits per heavy atom. The highest BCUT2D eigenvalue weighted by molar-refractivity contribution is 6.09. The third kappa shape index (κ3) is 2.13. The van der Waals surface area contributed by atoms with E-state index < -0.39 is 5.82 Å². The number of amides is 1. The number of carbonyl (C=O) groups excluding carboxylic acids is 1. The third-order valence-corrected chi connectivity index (χ3v) is 3.60. The number of fused-ring (bicyclic) bond motifs is 1. The second kappa shape index (κ2) is 4.96. The molecular weight excluding hydrogens is 255 g/mol. The number of hydrogen-bond acceptors (Lipinski definition) is 2. The first-order valence-electron chi connectivity index (χ1n) is 6.61. The van der Waals surface area contributed by atoms with Gasteiger partial charge in [0.15, 0.2) is 0 Å². The van der Waals surface area contributed by atoms with Crippen molar-refractivity contribution in [3.05, 3.63) is 59.4 Å². The predicted octanol–water partition coefficient (Wildman–Crippen LogP) is 3.00. The summed E-state index contributed by atoms with van der Waals surface area (Å²) < 4.78 is 13.3. The smallest absolute Gasteiger partial charge is 0.260 e. The average Bonchev–Trinajstić information content (AvgIpc) is 2.48. The maximum atomic E-state index is 13.3. The van der Waals surface area contributed by atoms with Crippen LogP contribution in [0.2, 0.25) is 0 Å². The lowest BCUT2D eigenvalue weighted by Gasteiger charge is -2.29. The molecule has 20 heavy (non-hydrogen) atoms. The van der Waals surface area contributed by atoms with Gasteiger partial charge in [0.2, 0.25) is 0 Å². The van der Waals surface area contributed by atoms with Crippen molar-refractivity contribution in [1.82, 2.24) is 0 Å². The number of benzene rings is 2. The van der Waals surface area contributed by atoms with Crippen LogP contribution >= 0.6 is 0 Å². The molecule has 1 heterocycles. The summed E-state index contributed by atoms with van der Waals surface area (Å²) in [6.45, 7) is 0.631. The highest BCUT2D eigenvalue weighted by Gasteiger charge is 2.24. The van der Waals surface area contributed by atoms with Crippen LogP contribution < -0.4 is 10.6 Å². The molecule has 1 aliphatic heterocycles. The van der Waals surface area contributed by atoms with Crippen LogP contribution in [0.15, 0.2) is 42.5 Å². The molecule has 2 N–H and O–H groups in total. The van der Waals surface area contributed by atoms with Crippen LogP contribution in [0.5, 0.6) is 0 Å². The molecule has 2 aromatic carbocycles. The first-order chi connectivity index (χ1) is 9.66. The monoisotopic (exact) mass is 270 g/mol. The number of nitrogen functional groups attached to an aromatic ring is 1. The van der Waals surface area contributed by atoms with Gasteiger partial charge in [0, 0.05) is 17.9 Å². The van der Waals surface area contributed by atoms with Gasteiger partial charge < -0.3 is 10.6 Å². The number of hydrogen-bond donors (Lipinski definition) is 1. The van der Waals surface area contributed by atoms with Crippen molar-refractivity contribution in [2.24, 2.45) is 0 Å². The largest absolute Gasteiger partial charge is 0.398 e. The highest BCUT2D eigenvalue weighted by atomic mass is 19.1. The Morgan fingerprint density at radius 2 is 2.00 bits per heavy atom. The minimum Gasteiger partial charge on any atom is -0.398 e. The van der Waals surface area contributed by atoms with Gasteiger partial charge in [0.05, 0.1) is 5.56 Å². The number of halogens is 1. The molecule has 0 atom stereocenters. The molecule has 3 rings (SSSR count). The number of nitrogens with zero attached hydrogens (tertiary/aromatic N) is 1. The minimum absolute atomic E-state index is 0.224. The molecule has 4 heteroatoms. The molecule has 2 aromatic rings.